The van der Waals surface area contributed by atoms with Crippen molar-refractivity contribution in [1.82, 2.24) is 10.2 Å². The zero-order chi connectivity index (χ0) is 8.97. The van der Waals surface area contributed by atoms with Crippen LogP contribution in [0, 0.1) is 6.92 Å². The Morgan fingerprint density at radius 1 is 1.33 bits per heavy atom. The van der Waals surface area contributed by atoms with E-state index in [1.54, 1.807) is 6.20 Å². The summed E-state index contributed by atoms with van der Waals surface area (Å²) in [6.45, 7) is 9.55. The largest absolute Gasteiger partial charge is 0.279 e. The fourth-order valence-electron chi connectivity index (χ4n) is 0.835. The normalized spacial score (nSPS) is 9.08. The van der Waals surface area contributed by atoms with Crippen molar-refractivity contribution in [1.29, 1.82) is 0 Å². The molecule has 0 bridgehead atoms. The topological polar surface area (TPSA) is 28.7 Å². The third-order valence-electron chi connectivity index (χ3n) is 1.40. The third-order valence-corrected chi connectivity index (χ3v) is 1.40. The summed E-state index contributed by atoms with van der Waals surface area (Å²) in [5, 5.41) is 8.35. The lowest BCUT2D eigenvalue weighted by molar-refractivity contribution is 1.01. The average molecular weight is 160 g/mol. The highest BCUT2D eigenvalue weighted by Gasteiger charge is 1.75. The molecule has 0 aliphatic carbocycles. The van der Waals surface area contributed by atoms with E-state index < -0.39 is 0 Å². The molecular weight excluding hydrogens is 148 g/mol. The minimum atomic E-state index is 0.781. The van der Waals surface area contributed by atoms with Crippen molar-refractivity contribution in [3.05, 3.63) is 40.5 Å². The smallest absolute Gasteiger partial charge is 0.0538 e. The molecule has 1 aromatic rings. The van der Waals surface area contributed by atoms with E-state index in [1.807, 2.05) is 25.1 Å². The standard InChI is InChI=1S/C10H12N2/c1-8-4-5-9(2)7-11-12-10(3)6-8/h4-7,12H,2-3H2,1H3. The maximum Gasteiger partial charge on any atom is 0.0538 e. The molecule has 0 atom stereocenters. The number of nitrogens with zero attached hydrogens (tertiary/aromatic N) is 1. The van der Waals surface area contributed by atoms with Crippen LogP contribution in [0.1, 0.15) is 5.56 Å². The highest BCUT2D eigenvalue weighted by atomic mass is 15.1. The van der Waals surface area contributed by atoms with Gasteiger partial charge < -0.3 is 0 Å². The molecule has 0 aromatic carbocycles. The zero-order valence-corrected chi connectivity index (χ0v) is 7.17. The van der Waals surface area contributed by atoms with Gasteiger partial charge in [0, 0.05) is 5.35 Å². The molecule has 1 rings (SSSR count). The first-order valence-corrected chi connectivity index (χ1v) is 3.72. The Hall–Kier alpha value is -1.57. The summed E-state index contributed by atoms with van der Waals surface area (Å²) in [6, 6.07) is 5.81. The molecule has 0 unspecified atom stereocenters. The fourth-order valence-corrected chi connectivity index (χ4v) is 0.835. The summed E-state index contributed by atoms with van der Waals surface area (Å²) < 4.78 is 0. The Bertz CT molecular complexity index is 402. The van der Waals surface area contributed by atoms with Crippen molar-refractivity contribution in [2.24, 2.45) is 0 Å². The molecule has 0 radical (unpaired) electrons. The van der Waals surface area contributed by atoms with E-state index in [9.17, 15) is 0 Å². The van der Waals surface area contributed by atoms with Gasteiger partial charge in [-0.25, -0.2) is 0 Å². The first kappa shape index (κ1) is 8.53. The maximum atomic E-state index is 3.92. The van der Waals surface area contributed by atoms with Crippen LogP contribution in [0.5, 0.6) is 0 Å². The second kappa shape index (κ2) is 3.72. The van der Waals surface area contributed by atoms with Crippen molar-refractivity contribution in [2.45, 2.75) is 6.92 Å². The van der Waals surface area contributed by atoms with Crippen LogP contribution in [0.15, 0.2) is 24.4 Å². The van der Waals surface area contributed by atoms with Gasteiger partial charge in [-0.3, -0.25) is 5.10 Å². The first-order valence-electron chi connectivity index (χ1n) is 3.72. The summed E-state index contributed by atoms with van der Waals surface area (Å²) >= 11 is 0. The van der Waals surface area contributed by atoms with E-state index in [0.717, 1.165) is 16.1 Å². The van der Waals surface area contributed by atoms with Crippen molar-refractivity contribution < 1.29 is 0 Å². The highest BCUT2D eigenvalue weighted by Crippen LogP contribution is 1.82. The molecular formula is C10H12N2. The molecule has 0 saturated heterocycles. The number of hydrogen-bond acceptors (Lipinski definition) is 1. The van der Waals surface area contributed by atoms with Crippen LogP contribution in [0.2, 0.25) is 0 Å². The van der Waals surface area contributed by atoms with Gasteiger partial charge in [0.05, 0.1) is 6.20 Å². The summed E-state index contributed by atoms with van der Waals surface area (Å²) in [5.74, 6) is 0. The second-order valence-corrected chi connectivity index (χ2v) is 2.69. The Morgan fingerprint density at radius 2 is 2.08 bits per heavy atom. The molecule has 1 N–H and O–H groups in total. The van der Waals surface area contributed by atoms with Crippen LogP contribution in [-0.2, 0) is 0 Å². The Kier molecular flexibility index (Phi) is 2.64. The molecule has 1 aromatic heterocycles. The fraction of sp³-hybridized carbons (Fsp3) is 0.100. The van der Waals surface area contributed by atoms with Gasteiger partial charge in [-0.1, -0.05) is 25.3 Å². The lowest BCUT2D eigenvalue weighted by Crippen LogP contribution is -2.02. The van der Waals surface area contributed by atoms with Crippen molar-refractivity contribution in [3.63, 3.8) is 0 Å². The van der Waals surface area contributed by atoms with E-state index >= 15 is 0 Å². The molecule has 0 aliphatic rings. The molecule has 1 heterocycles. The predicted molar refractivity (Wildman–Crippen MR) is 51.2 cm³/mol. The summed E-state index contributed by atoms with van der Waals surface area (Å²) in [4.78, 5) is 0. The second-order valence-electron chi connectivity index (χ2n) is 2.69. The van der Waals surface area contributed by atoms with E-state index in [1.165, 1.54) is 0 Å². The Balaban J connectivity index is 3.54. The van der Waals surface area contributed by atoms with Gasteiger partial charge in [0.2, 0.25) is 0 Å². The van der Waals surface area contributed by atoms with E-state index in [0.29, 0.717) is 0 Å². The van der Waals surface area contributed by atoms with Gasteiger partial charge >= 0.3 is 0 Å². The molecule has 62 valence electrons. The number of hydrogen-bond donors (Lipinski definition) is 1. The van der Waals surface area contributed by atoms with Crippen LogP contribution in [0.4, 0.5) is 0 Å². The molecule has 2 heteroatoms. The van der Waals surface area contributed by atoms with Gasteiger partial charge in [0.1, 0.15) is 0 Å². The Labute approximate surface area is 71.6 Å². The third kappa shape index (κ3) is 2.58. The SMILES string of the molecule is C=c1ccc(C)cc(=C)[nH]nc1. The molecule has 12 heavy (non-hydrogen) atoms. The quantitative estimate of drug-likeness (QED) is 0.593. The average Bonchev–Trinajstić information content (AvgIpc) is 2.05. The highest BCUT2D eigenvalue weighted by molar-refractivity contribution is 5.11. The lowest BCUT2D eigenvalue weighted by Gasteiger charge is -1.79. The molecule has 0 amide bonds. The van der Waals surface area contributed by atoms with E-state index in [-0.39, 0.29) is 0 Å². The predicted octanol–water partition coefficient (Wildman–Crippen LogP) is 0.663. The van der Waals surface area contributed by atoms with Crippen LogP contribution in [0.25, 0.3) is 13.2 Å². The van der Waals surface area contributed by atoms with E-state index in [4.69, 9.17) is 0 Å². The number of aryl methyl sites for hydroxylation is 1. The molecule has 0 aliphatic heterocycles. The van der Waals surface area contributed by atoms with Crippen molar-refractivity contribution in [3.8, 4) is 0 Å². The minimum Gasteiger partial charge on any atom is -0.279 e. The van der Waals surface area contributed by atoms with Gasteiger partial charge in [0.15, 0.2) is 0 Å². The molecule has 2 nitrogen and oxygen atoms in total. The molecule has 0 fully saturated rings. The number of aromatic nitrogens is 2. The van der Waals surface area contributed by atoms with Crippen molar-refractivity contribution >= 4 is 13.2 Å². The van der Waals surface area contributed by atoms with Gasteiger partial charge in [-0.05, 0) is 23.8 Å². The summed E-state index contributed by atoms with van der Waals surface area (Å²) in [6.07, 6.45) is 1.66. The summed E-state index contributed by atoms with van der Waals surface area (Å²) in [7, 11) is 0. The lowest BCUT2D eigenvalue weighted by atomic mass is 10.3. The number of nitrogens with one attached hydrogen (secondary N) is 1. The number of H-pyrrole nitrogens is 1. The van der Waals surface area contributed by atoms with Crippen LogP contribution < -0.4 is 10.6 Å². The minimum absolute atomic E-state index is 0.781. The van der Waals surface area contributed by atoms with E-state index in [2.05, 4.69) is 23.4 Å². The molecule has 0 saturated carbocycles. The van der Waals surface area contributed by atoms with Gasteiger partial charge in [-0.15, -0.1) is 0 Å². The van der Waals surface area contributed by atoms with Crippen LogP contribution in [0.3, 0.4) is 0 Å². The van der Waals surface area contributed by atoms with Crippen LogP contribution in [-0.4, -0.2) is 10.2 Å². The monoisotopic (exact) mass is 160 g/mol. The van der Waals surface area contributed by atoms with Crippen molar-refractivity contribution in [2.75, 3.05) is 0 Å². The van der Waals surface area contributed by atoms with Gasteiger partial charge in [-0.2, -0.15) is 5.10 Å². The van der Waals surface area contributed by atoms with Gasteiger partial charge in [0.25, 0.3) is 0 Å². The number of aromatic amines is 1. The zero-order valence-electron chi connectivity index (χ0n) is 7.17. The van der Waals surface area contributed by atoms with Crippen LogP contribution >= 0.6 is 0 Å². The number of rotatable bonds is 0. The Morgan fingerprint density at radius 3 is 2.83 bits per heavy atom. The first-order chi connectivity index (χ1) is 5.68. The summed E-state index contributed by atoms with van der Waals surface area (Å²) in [5.41, 5.74) is 1.12. The maximum absolute atomic E-state index is 3.92. The molecule has 0 spiro atoms.